The van der Waals surface area contributed by atoms with Crippen LogP contribution in [0.2, 0.25) is 5.02 Å². The van der Waals surface area contributed by atoms with E-state index in [2.05, 4.69) is 5.10 Å². The van der Waals surface area contributed by atoms with E-state index < -0.39 is 6.10 Å². The zero-order valence-electron chi connectivity index (χ0n) is 8.97. The van der Waals surface area contributed by atoms with Gasteiger partial charge in [0.2, 0.25) is 0 Å². The van der Waals surface area contributed by atoms with Gasteiger partial charge in [0, 0.05) is 6.20 Å². The molecule has 2 aromatic rings. The average Bonchev–Trinajstić information content (AvgIpc) is 2.75. The molecule has 0 aliphatic rings. The molecule has 0 aliphatic carbocycles. The summed E-state index contributed by atoms with van der Waals surface area (Å²) in [6, 6.07) is 7.63. The first kappa shape index (κ1) is 11.2. The highest BCUT2D eigenvalue weighted by Gasteiger charge is 2.05. The van der Waals surface area contributed by atoms with Crippen LogP contribution >= 0.6 is 11.6 Å². The van der Waals surface area contributed by atoms with Crippen molar-refractivity contribution in [2.75, 3.05) is 0 Å². The Morgan fingerprint density at radius 3 is 2.56 bits per heavy atom. The molecule has 0 fully saturated rings. The molecule has 0 radical (unpaired) electrons. The number of aliphatic hydroxyl groups excluding tert-OH is 1. The van der Waals surface area contributed by atoms with Crippen LogP contribution in [0.3, 0.4) is 0 Å². The van der Waals surface area contributed by atoms with Gasteiger partial charge in [-0.1, -0.05) is 30.7 Å². The molecule has 2 rings (SSSR count). The molecule has 1 N–H and O–H groups in total. The van der Waals surface area contributed by atoms with Crippen LogP contribution in [-0.2, 0) is 0 Å². The number of aliphatic hydroxyl groups is 1. The van der Waals surface area contributed by atoms with E-state index in [4.69, 9.17) is 11.6 Å². The van der Waals surface area contributed by atoms with Gasteiger partial charge in [-0.05, 0) is 24.1 Å². The van der Waals surface area contributed by atoms with E-state index in [9.17, 15) is 5.11 Å². The zero-order valence-corrected chi connectivity index (χ0v) is 9.72. The largest absolute Gasteiger partial charge is 0.388 e. The molecule has 4 heteroatoms. The third-order valence-electron chi connectivity index (χ3n) is 2.48. The minimum atomic E-state index is -0.393. The lowest BCUT2D eigenvalue weighted by Gasteiger charge is -2.08. The molecule has 84 valence electrons. The van der Waals surface area contributed by atoms with E-state index in [0.29, 0.717) is 11.4 Å². The molecular formula is C12H13ClN2O. The quantitative estimate of drug-likeness (QED) is 0.890. The van der Waals surface area contributed by atoms with E-state index in [0.717, 1.165) is 11.3 Å². The van der Waals surface area contributed by atoms with Gasteiger partial charge >= 0.3 is 0 Å². The molecule has 1 atom stereocenters. The van der Waals surface area contributed by atoms with Gasteiger partial charge in [0.1, 0.15) is 0 Å². The van der Waals surface area contributed by atoms with Crippen LogP contribution in [0.5, 0.6) is 0 Å². The Bertz CT molecular complexity index is 464. The zero-order chi connectivity index (χ0) is 11.5. The highest BCUT2D eigenvalue weighted by molar-refractivity contribution is 6.30. The molecule has 16 heavy (non-hydrogen) atoms. The number of rotatable bonds is 3. The molecule has 0 saturated heterocycles. The molecular weight excluding hydrogens is 224 g/mol. The second kappa shape index (κ2) is 4.68. The number of hydrogen-bond acceptors (Lipinski definition) is 2. The first-order chi connectivity index (χ1) is 7.70. The summed E-state index contributed by atoms with van der Waals surface area (Å²) >= 11 is 5.79. The van der Waals surface area contributed by atoms with E-state index >= 15 is 0 Å². The van der Waals surface area contributed by atoms with Gasteiger partial charge < -0.3 is 5.11 Å². The molecule has 1 unspecified atom stereocenters. The smallest absolute Gasteiger partial charge is 0.0790 e. The van der Waals surface area contributed by atoms with Crippen LogP contribution < -0.4 is 0 Å². The third-order valence-corrected chi connectivity index (χ3v) is 2.68. The Hall–Kier alpha value is -1.32. The molecule has 0 amide bonds. The third kappa shape index (κ3) is 2.26. The van der Waals surface area contributed by atoms with Crippen molar-refractivity contribution in [2.24, 2.45) is 0 Å². The predicted molar refractivity (Wildman–Crippen MR) is 63.8 cm³/mol. The van der Waals surface area contributed by atoms with Gasteiger partial charge in [-0.2, -0.15) is 5.10 Å². The number of halogens is 1. The van der Waals surface area contributed by atoms with Gasteiger partial charge in [-0.15, -0.1) is 0 Å². The van der Waals surface area contributed by atoms with Crippen molar-refractivity contribution >= 4 is 11.6 Å². The summed E-state index contributed by atoms with van der Waals surface area (Å²) in [6.07, 6.45) is 3.66. The van der Waals surface area contributed by atoms with E-state index in [1.807, 2.05) is 31.2 Å². The number of nitrogens with zero attached hydrogens (tertiary/aromatic N) is 2. The molecule has 1 heterocycles. The van der Waals surface area contributed by atoms with Gasteiger partial charge in [0.05, 0.1) is 23.0 Å². The molecule has 0 saturated carbocycles. The van der Waals surface area contributed by atoms with Crippen LogP contribution in [0.15, 0.2) is 36.7 Å². The standard InChI is InChI=1S/C12H13ClN2O/c1-2-12(16)9-3-5-11(6-4-9)15-8-10(13)7-14-15/h3-8,12,16H,2H2,1H3. The topological polar surface area (TPSA) is 38.0 Å². The summed E-state index contributed by atoms with van der Waals surface area (Å²) in [5.74, 6) is 0. The number of aromatic nitrogens is 2. The maximum atomic E-state index is 9.65. The normalized spacial score (nSPS) is 12.7. The fraction of sp³-hybridized carbons (Fsp3) is 0.250. The van der Waals surface area contributed by atoms with Crippen molar-refractivity contribution in [2.45, 2.75) is 19.4 Å². The summed E-state index contributed by atoms with van der Waals surface area (Å²) in [4.78, 5) is 0. The molecule has 1 aromatic heterocycles. The lowest BCUT2D eigenvalue weighted by atomic mass is 10.1. The van der Waals surface area contributed by atoms with Crippen molar-refractivity contribution in [3.63, 3.8) is 0 Å². The fourth-order valence-electron chi connectivity index (χ4n) is 1.53. The van der Waals surface area contributed by atoms with Crippen molar-refractivity contribution in [1.29, 1.82) is 0 Å². The first-order valence-corrected chi connectivity index (χ1v) is 5.57. The van der Waals surface area contributed by atoms with Crippen molar-refractivity contribution in [3.8, 4) is 5.69 Å². The fourth-order valence-corrected chi connectivity index (χ4v) is 1.66. The van der Waals surface area contributed by atoms with E-state index in [-0.39, 0.29) is 0 Å². The summed E-state index contributed by atoms with van der Waals surface area (Å²) in [5.41, 5.74) is 1.85. The first-order valence-electron chi connectivity index (χ1n) is 5.19. The maximum Gasteiger partial charge on any atom is 0.0790 e. The van der Waals surface area contributed by atoms with Gasteiger partial charge in [0.15, 0.2) is 0 Å². The van der Waals surface area contributed by atoms with Crippen LogP contribution in [0.1, 0.15) is 25.0 Å². The Morgan fingerprint density at radius 2 is 2.06 bits per heavy atom. The number of hydrogen-bond donors (Lipinski definition) is 1. The van der Waals surface area contributed by atoms with Crippen LogP contribution in [0.25, 0.3) is 5.69 Å². The van der Waals surface area contributed by atoms with Gasteiger partial charge in [-0.3, -0.25) is 0 Å². The molecule has 3 nitrogen and oxygen atoms in total. The summed E-state index contributed by atoms with van der Waals surface area (Å²) in [5, 5.41) is 14.4. The predicted octanol–water partition coefficient (Wildman–Crippen LogP) is 2.97. The average molecular weight is 237 g/mol. The summed E-state index contributed by atoms with van der Waals surface area (Å²) in [7, 11) is 0. The van der Waals surface area contributed by atoms with Crippen molar-refractivity contribution < 1.29 is 5.11 Å². The van der Waals surface area contributed by atoms with Crippen molar-refractivity contribution in [3.05, 3.63) is 47.2 Å². The maximum absolute atomic E-state index is 9.65. The highest BCUT2D eigenvalue weighted by atomic mass is 35.5. The molecule has 0 spiro atoms. The Balaban J connectivity index is 2.25. The van der Waals surface area contributed by atoms with Crippen LogP contribution in [0.4, 0.5) is 0 Å². The van der Waals surface area contributed by atoms with Crippen molar-refractivity contribution in [1.82, 2.24) is 9.78 Å². The highest BCUT2D eigenvalue weighted by Crippen LogP contribution is 2.18. The minimum Gasteiger partial charge on any atom is -0.388 e. The lowest BCUT2D eigenvalue weighted by Crippen LogP contribution is -1.97. The second-order valence-electron chi connectivity index (χ2n) is 3.62. The van der Waals surface area contributed by atoms with Crippen LogP contribution in [0, 0.1) is 0 Å². The lowest BCUT2D eigenvalue weighted by molar-refractivity contribution is 0.173. The van der Waals surface area contributed by atoms with Crippen LogP contribution in [-0.4, -0.2) is 14.9 Å². The summed E-state index contributed by atoms with van der Waals surface area (Å²) in [6.45, 7) is 1.95. The van der Waals surface area contributed by atoms with Gasteiger partial charge in [0.25, 0.3) is 0 Å². The SMILES string of the molecule is CCC(O)c1ccc(-n2cc(Cl)cn2)cc1. The Labute approximate surface area is 99.3 Å². The Morgan fingerprint density at radius 1 is 1.38 bits per heavy atom. The second-order valence-corrected chi connectivity index (χ2v) is 4.06. The van der Waals surface area contributed by atoms with Gasteiger partial charge in [-0.25, -0.2) is 4.68 Å². The monoisotopic (exact) mass is 236 g/mol. The molecule has 0 bridgehead atoms. The number of benzene rings is 1. The Kier molecular flexibility index (Phi) is 3.27. The summed E-state index contributed by atoms with van der Waals surface area (Å²) < 4.78 is 1.70. The molecule has 1 aromatic carbocycles. The molecule has 0 aliphatic heterocycles. The van der Waals surface area contributed by atoms with E-state index in [1.54, 1.807) is 17.1 Å². The van der Waals surface area contributed by atoms with E-state index in [1.165, 1.54) is 0 Å². The minimum absolute atomic E-state index is 0.393.